The largest absolute Gasteiger partial charge is 0.342 e. The molecular formula is C13H21N5. The van der Waals surface area contributed by atoms with Crippen LogP contribution in [-0.2, 0) is 6.54 Å². The zero-order valence-electron chi connectivity index (χ0n) is 11.2. The van der Waals surface area contributed by atoms with Crippen LogP contribution in [0.15, 0.2) is 17.5 Å². The molecule has 0 amide bonds. The molecule has 18 heavy (non-hydrogen) atoms. The van der Waals surface area contributed by atoms with Crippen LogP contribution in [0.2, 0.25) is 0 Å². The van der Waals surface area contributed by atoms with Crippen molar-refractivity contribution >= 4 is 11.2 Å². The van der Waals surface area contributed by atoms with Gasteiger partial charge in [-0.25, -0.2) is 9.97 Å². The van der Waals surface area contributed by atoms with Gasteiger partial charge in [0.1, 0.15) is 5.52 Å². The number of fused-ring (bicyclic) bond motifs is 1. The SMILES string of the molecule is CCCCCCn1c(=NCC)ncc2[nH]cnc21. The van der Waals surface area contributed by atoms with Gasteiger partial charge in [-0.2, -0.15) is 0 Å². The minimum absolute atomic E-state index is 0.748. The Bertz CT molecular complexity index is 552. The first-order valence-electron chi connectivity index (χ1n) is 6.76. The lowest BCUT2D eigenvalue weighted by molar-refractivity contribution is 0.564. The van der Waals surface area contributed by atoms with Gasteiger partial charge in [-0.05, 0) is 13.3 Å². The lowest BCUT2D eigenvalue weighted by Crippen LogP contribution is -2.25. The van der Waals surface area contributed by atoms with Crippen LogP contribution in [0.4, 0.5) is 0 Å². The van der Waals surface area contributed by atoms with Gasteiger partial charge in [0.05, 0.1) is 12.5 Å². The average molecular weight is 247 g/mol. The molecule has 0 unspecified atom stereocenters. The number of hydrogen-bond donors (Lipinski definition) is 1. The summed E-state index contributed by atoms with van der Waals surface area (Å²) in [4.78, 5) is 16.3. The van der Waals surface area contributed by atoms with Crippen molar-refractivity contribution in [1.82, 2.24) is 19.5 Å². The minimum Gasteiger partial charge on any atom is -0.342 e. The summed E-state index contributed by atoms with van der Waals surface area (Å²) < 4.78 is 2.12. The maximum atomic E-state index is 4.43. The number of imidazole rings is 1. The third-order valence-corrected chi connectivity index (χ3v) is 2.99. The highest BCUT2D eigenvalue weighted by Crippen LogP contribution is 2.07. The molecule has 0 bridgehead atoms. The van der Waals surface area contributed by atoms with Gasteiger partial charge in [-0.3, -0.25) is 9.56 Å². The second-order valence-electron chi connectivity index (χ2n) is 4.38. The predicted molar refractivity (Wildman–Crippen MR) is 72.1 cm³/mol. The van der Waals surface area contributed by atoms with Gasteiger partial charge >= 0.3 is 0 Å². The predicted octanol–water partition coefficient (Wildman–Crippen LogP) is 2.26. The van der Waals surface area contributed by atoms with Gasteiger partial charge in [0, 0.05) is 13.1 Å². The van der Waals surface area contributed by atoms with E-state index in [2.05, 4.69) is 31.4 Å². The fraction of sp³-hybridized carbons (Fsp3) is 0.615. The summed E-state index contributed by atoms with van der Waals surface area (Å²) in [7, 11) is 0. The lowest BCUT2D eigenvalue weighted by atomic mass is 10.2. The van der Waals surface area contributed by atoms with E-state index in [0.717, 1.165) is 36.3 Å². The summed E-state index contributed by atoms with van der Waals surface area (Å²) in [5.74, 6) is 0. The molecule has 2 aromatic heterocycles. The number of nitrogens with zero attached hydrogens (tertiary/aromatic N) is 4. The second-order valence-corrected chi connectivity index (χ2v) is 4.38. The van der Waals surface area contributed by atoms with Crippen molar-refractivity contribution < 1.29 is 0 Å². The molecular weight excluding hydrogens is 226 g/mol. The summed E-state index contributed by atoms with van der Waals surface area (Å²) >= 11 is 0. The number of aryl methyl sites for hydroxylation is 1. The summed E-state index contributed by atoms with van der Waals surface area (Å²) in [5.41, 5.74) is 2.71. The molecule has 0 saturated heterocycles. The Morgan fingerprint density at radius 3 is 2.89 bits per heavy atom. The van der Waals surface area contributed by atoms with Crippen LogP contribution in [0.3, 0.4) is 0 Å². The molecule has 0 fully saturated rings. The Hall–Kier alpha value is -1.65. The van der Waals surface area contributed by atoms with Crippen LogP contribution in [0, 0.1) is 0 Å². The molecule has 1 N–H and O–H groups in total. The molecule has 0 aliphatic rings. The van der Waals surface area contributed by atoms with E-state index in [9.17, 15) is 0 Å². The fourth-order valence-electron chi connectivity index (χ4n) is 2.06. The summed E-state index contributed by atoms with van der Waals surface area (Å²) in [6.45, 7) is 5.94. The normalized spacial score (nSPS) is 12.4. The molecule has 2 aromatic rings. The summed E-state index contributed by atoms with van der Waals surface area (Å²) in [6, 6.07) is 0. The fourth-order valence-corrected chi connectivity index (χ4v) is 2.06. The number of hydrogen-bond acceptors (Lipinski definition) is 3. The van der Waals surface area contributed by atoms with Gasteiger partial charge in [0.15, 0.2) is 5.65 Å². The highest BCUT2D eigenvalue weighted by Gasteiger charge is 2.04. The van der Waals surface area contributed by atoms with Crippen LogP contribution in [0.5, 0.6) is 0 Å². The van der Waals surface area contributed by atoms with Crippen molar-refractivity contribution in [1.29, 1.82) is 0 Å². The number of H-pyrrole nitrogens is 1. The van der Waals surface area contributed by atoms with Crippen molar-refractivity contribution in [2.45, 2.75) is 46.1 Å². The molecule has 0 spiro atoms. The highest BCUT2D eigenvalue weighted by molar-refractivity contribution is 5.68. The molecule has 0 atom stereocenters. The van der Waals surface area contributed by atoms with E-state index in [4.69, 9.17) is 0 Å². The number of rotatable bonds is 6. The molecule has 0 aliphatic carbocycles. The van der Waals surface area contributed by atoms with E-state index >= 15 is 0 Å². The third kappa shape index (κ3) is 2.78. The molecule has 5 nitrogen and oxygen atoms in total. The maximum absolute atomic E-state index is 4.43. The van der Waals surface area contributed by atoms with Gasteiger partial charge in [-0.1, -0.05) is 26.2 Å². The highest BCUT2D eigenvalue weighted by atomic mass is 15.1. The van der Waals surface area contributed by atoms with Crippen LogP contribution < -0.4 is 5.62 Å². The Labute approximate surface area is 107 Å². The van der Waals surface area contributed by atoms with Crippen molar-refractivity contribution in [2.24, 2.45) is 4.99 Å². The zero-order valence-corrected chi connectivity index (χ0v) is 11.2. The standard InChI is InChI=1S/C13H21N5/c1-3-5-6-7-8-18-12-11(16-10-17-12)9-15-13(18)14-4-2/h9-10H,3-8H2,1-2H3,(H,16,17). The molecule has 0 aliphatic heterocycles. The first-order chi connectivity index (χ1) is 8.86. The Morgan fingerprint density at radius 2 is 2.11 bits per heavy atom. The molecule has 5 heteroatoms. The van der Waals surface area contributed by atoms with Crippen LogP contribution >= 0.6 is 0 Å². The monoisotopic (exact) mass is 247 g/mol. The molecule has 98 valence electrons. The van der Waals surface area contributed by atoms with Gasteiger partial charge < -0.3 is 4.98 Å². The average Bonchev–Trinajstić information content (AvgIpc) is 2.85. The third-order valence-electron chi connectivity index (χ3n) is 2.99. The minimum atomic E-state index is 0.748. The van der Waals surface area contributed by atoms with Crippen LogP contribution in [-0.4, -0.2) is 26.1 Å². The first-order valence-corrected chi connectivity index (χ1v) is 6.76. The quantitative estimate of drug-likeness (QED) is 0.796. The number of nitrogens with one attached hydrogen (secondary N) is 1. The Morgan fingerprint density at radius 1 is 1.22 bits per heavy atom. The van der Waals surface area contributed by atoms with Crippen LogP contribution in [0.25, 0.3) is 11.2 Å². The number of aromatic nitrogens is 4. The van der Waals surface area contributed by atoms with Crippen molar-refractivity contribution in [3.05, 3.63) is 18.1 Å². The molecule has 0 saturated carbocycles. The van der Waals surface area contributed by atoms with Gasteiger partial charge in [0.2, 0.25) is 5.62 Å². The molecule has 0 aromatic carbocycles. The lowest BCUT2D eigenvalue weighted by Gasteiger charge is -2.07. The van der Waals surface area contributed by atoms with Gasteiger partial charge in [0.25, 0.3) is 0 Å². The van der Waals surface area contributed by atoms with E-state index < -0.39 is 0 Å². The van der Waals surface area contributed by atoms with Gasteiger partial charge in [-0.15, -0.1) is 0 Å². The second kappa shape index (κ2) is 6.33. The smallest absolute Gasteiger partial charge is 0.226 e. The molecule has 2 rings (SSSR count). The number of unbranched alkanes of at least 4 members (excludes halogenated alkanes) is 3. The summed E-state index contributed by atoms with van der Waals surface area (Å²) in [6.07, 6.45) is 8.45. The molecule has 0 radical (unpaired) electrons. The van der Waals surface area contributed by atoms with E-state index in [1.165, 1.54) is 19.3 Å². The van der Waals surface area contributed by atoms with E-state index in [1.807, 2.05) is 6.92 Å². The van der Waals surface area contributed by atoms with Crippen molar-refractivity contribution in [2.75, 3.05) is 6.54 Å². The number of aromatic amines is 1. The van der Waals surface area contributed by atoms with E-state index in [-0.39, 0.29) is 0 Å². The van der Waals surface area contributed by atoms with Crippen molar-refractivity contribution in [3.8, 4) is 0 Å². The first kappa shape index (κ1) is 12.8. The Kier molecular flexibility index (Phi) is 4.50. The Balaban J connectivity index is 2.29. The zero-order chi connectivity index (χ0) is 12.8. The van der Waals surface area contributed by atoms with E-state index in [1.54, 1.807) is 12.5 Å². The van der Waals surface area contributed by atoms with Crippen LogP contribution in [0.1, 0.15) is 39.5 Å². The summed E-state index contributed by atoms with van der Waals surface area (Å²) in [5, 5.41) is 0. The maximum Gasteiger partial charge on any atom is 0.226 e. The topological polar surface area (TPSA) is 58.9 Å². The van der Waals surface area contributed by atoms with Crippen molar-refractivity contribution in [3.63, 3.8) is 0 Å². The molecule has 2 heterocycles. The van der Waals surface area contributed by atoms with E-state index in [0.29, 0.717) is 0 Å².